The Kier molecular flexibility index (Phi) is 4.21. The van der Waals surface area contributed by atoms with Gasteiger partial charge in [-0.05, 0) is 6.42 Å². The number of hydrogen-bond acceptors (Lipinski definition) is 4. The number of hydrogen-bond donors (Lipinski definition) is 2. The number of likely N-dealkylation sites (tertiary alicyclic amines) is 1. The van der Waals surface area contributed by atoms with Crippen LogP contribution >= 0.6 is 11.8 Å². The number of aliphatic carboxylic acids is 1. The molecule has 1 atom stereocenters. The molecule has 1 saturated heterocycles. The molecular weight excluding hydrogens is 204 g/mol. The van der Waals surface area contributed by atoms with Crippen molar-refractivity contribution in [3.05, 3.63) is 0 Å². The van der Waals surface area contributed by atoms with E-state index in [0.29, 0.717) is 5.75 Å². The Bertz CT molecular complexity index is 231. The minimum absolute atomic E-state index is 0.0823. The predicted octanol–water partition coefficient (Wildman–Crippen LogP) is -0.636. The lowest BCUT2D eigenvalue weighted by Gasteiger charge is -2.30. The lowest BCUT2D eigenvalue weighted by atomic mass is 10.2. The SMILES string of the molecule is N[C@H](CSCC(=O)N1CCC1)C(=O)O. The summed E-state index contributed by atoms with van der Waals surface area (Å²) in [5, 5.41) is 8.48. The fraction of sp³-hybridized carbons (Fsp3) is 0.750. The molecule has 3 N–H and O–H groups in total. The second-order valence-electron chi connectivity index (χ2n) is 3.19. The third-order valence-corrected chi connectivity index (χ3v) is 3.09. The molecular formula is C8H14N2O3S. The third-order valence-electron chi connectivity index (χ3n) is 2.05. The summed E-state index contributed by atoms with van der Waals surface area (Å²) < 4.78 is 0. The van der Waals surface area contributed by atoms with Gasteiger partial charge >= 0.3 is 5.97 Å². The van der Waals surface area contributed by atoms with Gasteiger partial charge in [-0.25, -0.2) is 0 Å². The molecule has 1 rings (SSSR count). The smallest absolute Gasteiger partial charge is 0.321 e. The largest absolute Gasteiger partial charge is 0.480 e. The van der Waals surface area contributed by atoms with Crippen LogP contribution in [-0.4, -0.2) is 52.5 Å². The molecule has 0 aromatic carbocycles. The average molecular weight is 218 g/mol. The molecule has 1 amide bonds. The minimum atomic E-state index is -1.02. The van der Waals surface area contributed by atoms with E-state index < -0.39 is 12.0 Å². The first-order valence-corrected chi connectivity index (χ1v) is 5.60. The zero-order chi connectivity index (χ0) is 10.6. The minimum Gasteiger partial charge on any atom is -0.480 e. The van der Waals surface area contributed by atoms with E-state index in [4.69, 9.17) is 10.8 Å². The molecule has 1 aliphatic rings. The highest BCUT2D eigenvalue weighted by molar-refractivity contribution is 8.00. The molecule has 6 heteroatoms. The molecule has 14 heavy (non-hydrogen) atoms. The maximum atomic E-state index is 11.3. The van der Waals surface area contributed by atoms with Gasteiger partial charge in [0.25, 0.3) is 0 Å². The highest BCUT2D eigenvalue weighted by Gasteiger charge is 2.20. The van der Waals surface area contributed by atoms with E-state index in [-0.39, 0.29) is 11.7 Å². The van der Waals surface area contributed by atoms with Crippen LogP contribution in [0, 0.1) is 0 Å². The van der Waals surface area contributed by atoms with Crippen molar-refractivity contribution in [3.8, 4) is 0 Å². The summed E-state index contributed by atoms with van der Waals surface area (Å²) in [6.45, 7) is 1.68. The number of carbonyl (C=O) groups excluding carboxylic acids is 1. The number of nitrogens with zero attached hydrogens (tertiary/aromatic N) is 1. The van der Waals surface area contributed by atoms with Gasteiger partial charge in [-0.2, -0.15) is 0 Å². The summed E-state index contributed by atoms with van der Waals surface area (Å²) in [6, 6.07) is -0.871. The van der Waals surface area contributed by atoms with Crippen LogP contribution in [0.2, 0.25) is 0 Å². The number of nitrogens with two attached hydrogens (primary N) is 1. The molecule has 0 spiro atoms. The molecule has 5 nitrogen and oxygen atoms in total. The van der Waals surface area contributed by atoms with Gasteiger partial charge in [0.2, 0.25) is 5.91 Å². The van der Waals surface area contributed by atoms with Crippen LogP contribution in [-0.2, 0) is 9.59 Å². The van der Waals surface area contributed by atoms with Gasteiger partial charge < -0.3 is 15.7 Å². The third kappa shape index (κ3) is 3.19. The van der Waals surface area contributed by atoms with Crippen LogP contribution in [0.15, 0.2) is 0 Å². The van der Waals surface area contributed by atoms with E-state index in [1.807, 2.05) is 0 Å². The van der Waals surface area contributed by atoms with Crippen LogP contribution in [0.25, 0.3) is 0 Å². The van der Waals surface area contributed by atoms with E-state index >= 15 is 0 Å². The van der Waals surface area contributed by atoms with Gasteiger partial charge in [0.05, 0.1) is 5.75 Å². The fourth-order valence-electron chi connectivity index (χ4n) is 1.00. The van der Waals surface area contributed by atoms with E-state index in [1.165, 1.54) is 11.8 Å². The van der Waals surface area contributed by atoms with Gasteiger partial charge in [0, 0.05) is 18.8 Å². The molecule has 1 aliphatic heterocycles. The van der Waals surface area contributed by atoms with Crippen LogP contribution in [0.1, 0.15) is 6.42 Å². The summed E-state index contributed by atoms with van der Waals surface area (Å²) in [5.74, 6) is -0.316. The topological polar surface area (TPSA) is 83.6 Å². The number of carboxylic acids is 1. The number of carboxylic acid groups (broad SMARTS) is 1. The summed E-state index contributed by atoms with van der Waals surface area (Å²) in [4.78, 5) is 23.4. The second kappa shape index (κ2) is 5.21. The summed E-state index contributed by atoms with van der Waals surface area (Å²) in [6.07, 6.45) is 1.07. The molecule has 0 radical (unpaired) electrons. The monoisotopic (exact) mass is 218 g/mol. The zero-order valence-corrected chi connectivity index (χ0v) is 8.63. The van der Waals surface area contributed by atoms with E-state index in [9.17, 15) is 9.59 Å². The van der Waals surface area contributed by atoms with Crippen molar-refractivity contribution in [1.29, 1.82) is 0 Å². The highest BCUT2D eigenvalue weighted by atomic mass is 32.2. The lowest BCUT2D eigenvalue weighted by molar-refractivity contribution is -0.138. The first-order chi connectivity index (χ1) is 6.61. The Morgan fingerprint density at radius 3 is 2.57 bits per heavy atom. The summed E-state index contributed by atoms with van der Waals surface area (Å²) >= 11 is 1.28. The Balaban J connectivity index is 2.08. The molecule has 0 bridgehead atoms. The Morgan fingerprint density at radius 2 is 2.14 bits per heavy atom. The quantitative estimate of drug-likeness (QED) is 0.641. The van der Waals surface area contributed by atoms with Crippen molar-refractivity contribution in [2.45, 2.75) is 12.5 Å². The molecule has 0 aromatic rings. The van der Waals surface area contributed by atoms with Crippen LogP contribution in [0.3, 0.4) is 0 Å². The van der Waals surface area contributed by atoms with Crippen LogP contribution < -0.4 is 5.73 Å². The van der Waals surface area contributed by atoms with Gasteiger partial charge in [-0.1, -0.05) is 0 Å². The van der Waals surface area contributed by atoms with Crippen LogP contribution in [0.4, 0.5) is 0 Å². The maximum absolute atomic E-state index is 11.3. The van der Waals surface area contributed by atoms with Crippen molar-refractivity contribution in [2.75, 3.05) is 24.6 Å². The Hall–Kier alpha value is -0.750. The number of amides is 1. The second-order valence-corrected chi connectivity index (χ2v) is 4.22. The van der Waals surface area contributed by atoms with Gasteiger partial charge in [0.1, 0.15) is 6.04 Å². The molecule has 0 unspecified atom stereocenters. The lowest BCUT2D eigenvalue weighted by Crippen LogP contribution is -2.43. The first-order valence-electron chi connectivity index (χ1n) is 4.45. The zero-order valence-electron chi connectivity index (χ0n) is 7.81. The van der Waals surface area contributed by atoms with Gasteiger partial charge in [-0.15, -0.1) is 11.8 Å². The van der Waals surface area contributed by atoms with Gasteiger partial charge in [0.15, 0.2) is 0 Å². The van der Waals surface area contributed by atoms with Crippen molar-refractivity contribution in [3.63, 3.8) is 0 Å². The Morgan fingerprint density at radius 1 is 1.50 bits per heavy atom. The standard InChI is InChI=1S/C8H14N2O3S/c9-6(8(12)13)4-14-5-7(11)10-2-1-3-10/h6H,1-5,9H2,(H,12,13)/t6-/m1/s1. The van der Waals surface area contributed by atoms with Crippen LogP contribution in [0.5, 0.6) is 0 Å². The maximum Gasteiger partial charge on any atom is 0.321 e. The van der Waals surface area contributed by atoms with E-state index in [1.54, 1.807) is 4.90 Å². The first kappa shape index (κ1) is 11.3. The molecule has 0 aromatic heterocycles. The van der Waals surface area contributed by atoms with Crippen molar-refractivity contribution < 1.29 is 14.7 Å². The van der Waals surface area contributed by atoms with Crippen molar-refractivity contribution >= 4 is 23.6 Å². The average Bonchev–Trinajstić information content (AvgIpc) is 2.00. The molecule has 0 saturated carbocycles. The Labute approximate surface area is 86.6 Å². The summed E-state index contributed by atoms with van der Waals surface area (Å²) in [5.41, 5.74) is 5.28. The van der Waals surface area contributed by atoms with Gasteiger partial charge in [-0.3, -0.25) is 9.59 Å². The van der Waals surface area contributed by atoms with Crippen molar-refractivity contribution in [2.24, 2.45) is 5.73 Å². The number of carbonyl (C=O) groups is 2. The normalized spacial score (nSPS) is 17.4. The molecule has 80 valence electrons. The summed E-state index contributed by atoms with van der Waals surface area (Å²) in [7, 11) is 0. The molecule has 0 aliphatic carbocycles. The number of rotatable bonds is 5. The van der Waals surface area contributed by atoms with E-state index in [2.05, 4.69) is 0 Å². The fourth-order valence-corrected chi connectivity index (χ4v) is 1.87. The molecule has 1 heterocycles. The van der Waals surface area contributed by atoms with Crippen molar-refractivity contribution in [1.82, 2.24) is 4.90 Å². The number of thioether (sulfide) groups is 1. The predicted molar refractivity (Wildman–Crippen MR) is 54.1 cm³/mol. The highest BCUT2D eigenvalue weighted by Crippen LogP contribution is 2.10. The molecule has 1 fully saturated rings. The van der Waals surface area contributed by atoms with E-state index in [0.717, 1.165) is 19.5 Å².